The molecule has 6 aliphatic rings. The summed E-state index contributed by atoms with van der Waals surface area (Å²) in [6.07, 6.45) is 22.1. The maximum absolute atomic E-state index is 10.6. The quantitative estimate of drug-likeness (QED) is 0.379. The molecule has 3 saturated heterocycles. The third kappa shape index (κ3) is 8.83. The van der Waals surface area contributed by atoms with E-state index in [0.29, 0.717) is 37.0 Å². The van der Waals surface area contributed by atoms with Gasteiger partial charge >= 0.3 is 19.8 Å². The Bertz CT molecular complexity index is 872. The molecule has 3 N–H and O–H groups in total. The number of carbonyl (C=O) groups is 3. The number of aliphatic carboxylic acids is 3. The first-order valence-corrected chi connectivity index (χ1v) is 14.8. The largest absolute Gasteiger partial charge is 3.00 e. The van der Waals surface area contributed by atoms with E-state index in [0.717, 1.165) is 55.6 Å². The van der Waals surface area contributed by atoms with Gasteiger partial charge in [0.15, 0.2) is 0 Å². The number of fused-ring (bicyclic) bond motifs is 3. The van der Waals surface area contributed by atoms with Crippen molar-refractivity contribution < 1.29 is 29.7 Å². The number of hydrogen-bond acceptors (Lipinski definition) is 9. The summed E-state index contributed by atoms with van der Waals surface area (Å²) in [5.74, 6) is -1.14. The van der Waals surface area contributed by atoms with Crippen LogP contribution < -0.4 is 31.3 Å². The molecule has 0 aromatic rings. The van der Waals surface area contributed by atoms with Crippen LogP contribution in [0.3, 0.4) is 0 Å². The fraction of sp³-hybridized carbons (Fsp3) is 0.700. The number of carboxylic acids is 3. The van der Waals surface area contributed by atoms with E-state index >= 15 is 0 Å². The number of hydrogen-bond donors (Lipinski definition) is 3. The van der Waals surface area contributed by atoms with Gasteiger partial charge in [-0.3, -0.25) is 0 Å². The topological polar surface area (TPSA) is 156 Å². The zero-order chi connectivity index (χ0) is 27.8. The molecule has 3 heterocycles. The molecule has 0 aromatic carbocycles. The van der Waals surface area contributed by atoms with Gasteiger partial charge in [0.25, 0.3) is 0 Å². The summed E-state index contributed by atoms with van der Waals surface area (Å²) in [4.78, 5) is 31.9. The molecular formula is C30H42GaN3O6. The van der Waals surface area contributed by atoms with Gasteiger partial charge in [0.1, 0.15) is 0 Å². The minimum absolute atomic E-state index is 0. The van der Waals surface area contributed by atoms with Crippen LogP contribution >= 0.6 is 0 Å². The van der Waals surface area contributed by atoms with E-state index < -0.39 is 36.0 Å². The second-order valence-corrected chi connectivity index (χ2v) is 11.6. The summed E-state index contributed by atoms with van der Waals surface area (Å²) in [5.41, 5.74) is 3.44. The molecule has 40 heavy (non-hydrogen) atoms. The molecule has 6 rings (SSSR count). The standard InChI is InChI=1S/3C10H15NO2.Ga/c3*12-10(13)9-6-5-7-3-1-2-4-8(7)11-9;/h3*4,7,9,11H,1-3,5-6H2,(H,12,13);/q;;;+3/p-3. The first-order chi connectivity index (χ1) is 18.8. The average Bonchev–Trinajstić information content (AvgIpc) is 2.97. The van der Waals surface area contributed by atoms with Gasteiger partial charge in [-0.25, -0.2) is 0 Å². The minimum Gasteiger partial charge on any atom is -0.548 e. The molecule has 6 atom stereocenters. The molecule has 10 heteroatoms. The summed E-state index contributed by atoms with van der Waals surface area (Å²) in [6.45, 7) is 0. The molecule has 9 nitrogen and oxygen atoms in total. The van der Waals surface area contributed by atoms with E-state index in [2.05, 4.69) is 34.2 Å². The minimum atomic E-state index is -0.968. The van der Waals surface area contributed by atoms with Crippen LogP contribution in [-0.2, 0) is 14.4 Å². The molecule has 0 bridgehead atoms. The van der Waals surface area contributed by atoms with Gasteiger partial charge in [0, 0.05) is 17.1 Å². The van der Waals surface area contributed by atoms with E-state index in [-0.39, 0.29) is 19.8 Å². The van der Waals surface area contributed by atoms with Gasteiger partial charge in [-0.15, -0.1) is 0 Å². The summed E-state index contributed by atoms with van der Waals surface area (Å²) in [7, 11) is 0. The van der Waals surface area contributed by atoms with Crippen LogP contribution in [-0.4, -0.2) is 55.8 Å². The molecule has 0 radical (unpaired) electrons. The van der Waals surface area contributed by atoms with Crippen molar-refractivity contribution in [2.45, 2.75) is 114 Å². The van der Waals surface area contributed by atoms with Gasteiger partial charge in [0.2, 0.25) is 0 Å². The predicted molar refractivity (Wildman–Crippen MR) is 146 cm³/mol. The molecule has 6 unspecified atom stereocenters. The third-order valence-electron chi connectivity index (χ3n) is 8.97. The molecule has 0 amide bonds. The van der Waals surface area contributed by atoms with Crippen LogP contribution in [0, 0.1) is 17.8 Å². The summed E-state index contributed by atoms with van der Waals surface area (Å²) in [5, 5.41) is 41.0. The normalized spacial score (nSPS) is 31.9. The molecule has 3 aliphatic carbocycles. The summed E-state index contributed by atoms with van der Waals surface area (Å²) < 4.78 is 0. The average molecular weight is 610 g/mol. The second kappa shape index (κ2) is 15.6. The Morgan fingerprint density at radius 2 is 0.775 bits per heavy atom. The van der Waals surface area contributed by atoms with Gasteiger partial charge in [-0.1, -0.05) is 18.2 Å². The van der Waals surface area contributed by atoms with Crippen molar-refractivity contribution in [3.8, 4) is 0 Å². The Labute approximate surface area is 250 Å². The van der Waals surface area contributed by atoms with Crippen LogP contribution in [0.4, 0.5) is 0 Å². The molecule has 3 fully saturated rings. The Morgan fingerprint density at radius 3 is 1.02 bits per heavy atom. The summed E-state index contributed by atoms with van der Waals surface area (Å²) >= 11 is 0. The van der Waals surface area contributed by atoms with Crippen molar-refractivity contribution in [3.05, 3.63) is 35.3 Å². The number of nitrogens with one attached hydrogen (secondary N) is 3. The van der Waals surface area contributed by atoms with Crippen molar-refractivity contribution in [1.82, 2.24) is 16.0 Å². The maximum atomic E-state index is 10.6. The summed E-state index contributed by atoms with van der Waals surface area (Å²) in [6, 6.07) is -1.37. The van der Waals surface area contributed by atoms with Crippen LogP contribution in [0.15, 0.2) is 35.3 Å². The number of carbonyl (C=O) groups excluding carboxylic acids is 3. The number of carboxylic acid groups (broad SMARTS) is 3. The molecule has 0 saturated carbocycles. The van der Waals surface area contributed by atoms with Crippen LogP contribution in [0.2, 0.25) is 0 Å². The van der Waals surface area contributed by atoms with Gasteiger partial charge < -0.3 is 45.7 Å². The number of allylic oxidation sites excluding steroid dienone is 6. The number of rotatable bonds is 3. The zero-order valence-corrected chi connectivity index (χ0v) is 25.8. The van der Waals surface area contributed by atoms with E-state index in [1.54, 1.807) is 0 Å². The fourth-order valence-electron chi connectivity index (χ4n) is 6.72. The first kappa shape index (κ1) is 32.2. The monoisotopic (exact) mass is 609 g/mol. The Hall–Kier alpha value is -2.33. The van der Waals surface area contributed by atoms with Gasteiger partial charge in [-0.05, 0) is 114 Å². The van der Waals surface area contributed by atoms with E-state index in [1.165, 1.54) is 38.5 Å². The Balaban J connectivity index is 0.000000163. The van der Waals surface area contributed by atoms with Crippen LogP contribution in [0.25, 0.3) is 0 Å². The molecule has 3 aliphatic heterocycles. The Kier molecular flexibility index (Phi) is 12.6. The predicted octanol–water partition coefficient (Wildman–Crippen LogP) is 0.136. The van der Waals surface area contributed by atoms with E-state index in [1.807, 2.05) is 0 Å². The van der Waals surface area contributed by atoms with Crippen molar-refractivity contribution in [1.29, 1.82) is 0 Å². The van der Waals surface area contributed by atoms with Crippen LogP contribution in [0.5, 0.6) is 0 Å². The van der Waals surface area contributed by atoms with Gasteiger partial charge in [0.05, 0.1) is 36.0 Å². The van der Waals surface area contributed by atoms with Crippen molar-refractivity contribution in [2.24, 2.45) is 17.8 Å². The number of piperidine rings is 3. The maximum Gasteiger partial charge on any atom is 3.00 e. The van der Waals surface area contributed by atoms with Crippen molar-refractivity contribution in [3.63, 3.8) is 0 Å². The smallest absolute Gasteiger partial charge is 0.548 e. The zero-order valence-electron chi connectivity index (χ0n) is 23.3. The molecule has 0 spiro atoms. The van der Waals surface area contributed by atoms with Crippen molar-refractivity contribution >= 4 is 37.7 Å². The SMILES string of the molecule is O=C([O-])C1CCC2CCCC=C2N1.O=C([O-])C1CCC2CCCC=C2N1.O=C([O-])C1CCC2CCCC=C2N1.[Ga+3]. The fourth-order valence-corrected chi connectivity index (χ4v) is 6.72. The molecular weight excluding hydrogens is 568 g/mol. The van der Waals surface area contributed by atoms with E-state index in [4.69, 9.17) is 0 Å². The van der Waals surface area contributed by atoms with Crippen LogP contribution in [0.1, 0.15) is 96.3 Å². The third-order valence-corrected chi connectivity index (χ3v) is 8.97. The second-order valence-electron chi connectivity index (χ2n) is 11.6. The molecule has 0 aromatic heterocycles. The molecule has 216 valence electrons. The first-order valence-electron chi connectivity index (χ1n) is 14.8. The Morgan fingerprint density at radius 1 is 0.500 bits per heavy atom. The van der Waals surface area contributed by atoms with Crippen molar-refractivity contribution in [2.75, 3.05) is 0 Å². The van der Waals surface area contributed by atoms with E-state index in [9.17, 15) is 29.7 Å². The van der Waals surface area contributed by atoms with Gasteiger partial charge in [-0.2, -0.15) is 0 Å².